The molecular weight excluding hydrogens is 240 g/mol. The zero-order valence-electron chi connectivity index (χ0n) is 10.9. The van der Waals surface area contributed by atoms with Crippen LogP contribution < -0.4 is 5.32 Å². The lowest BCUT2D eigenvalue weighted by molar-refractivity contribution is 0.508. The Morgan fingerprint density at radius 2 is 2.17 bits per heavy atom. The SMILES string of the molecule is CCc1cccc(NC2=NC3(CCCC3)CS2)c1. The van der Waals surface area contributed by atoms with Gasteiger partial charge in [-0.1, -0.05) is 43.7 Å². The Labute approximate surface area is 113 Å². The van der Waals surface area contributed by atoms with Gasteiger partial charge in [0.15, 0.2) is 5.17 Å². The van der Waals surface area contributed by atoms with E-state index in [0.29, 0.717) is 0 Å². The van der Waals surface area contributed by atoms with E-state index in [2.05, 4.69) is 36.5 Å². The maximum Gasteiger partial charge on any atom is 0.161 e. The molecule has 1 heterocycles. The molecule has 18 heavy (non-hydrogen) atoms. The van der Waals surface area contributed by atoms with Gasteiger partial charge in [-0.15, -0.1) is 0 Å². The maximum atomic E-state index is 4.94. The number of rotatable bonds is 2. The van der Waals surface area contributed by atoms with Gasteiger partial charge in [0, 0.05) is 11.4 Å². The van der Waals surface area contributed by atoms with Gasteiger partial charge in [-0.2, -0.15) is 0 Å². The fraction of sp³-hybridized carbons (Fsp3) is 0.533. The highest BCUT2D eigenvalue weighted by Gasteiger charge is 2.38. The smallest absolute Gasteiger partial charge is 0.161 e. The average Bonchev–Trinajstić information content (AvgIpc) is 3.01. The average molecular weight is 260 g/mol. The van der Waals surface area contributed by atoms with Gasteiger partial charge >= 0.3 is 0 Å². The van der Waals surface area contributed by atoms with E-state index in [1.807, 2.05) is 11.8 Å². The Balaban J connectivity index is 1.73. The van der Waals surface area contributed by atoms with Crippen LogP contribution in [0.15, 0.2) is 29.3 Å². The molecule has 0 aromatic heterocycles. The second kappa shape index (κ2) is 4.96. The minimum Gasteiger partial charge on any atom is -0.335 e. The molecule has 0 bridgehead atoms. The topological polar surface area (TPSA) is 24.4 Å². The van der Waals surface area contributed by atoms with Crippen LogP contribution in [0.1, 0.15) is 38.2 Å². The molecular formula is C15H20N2S. The van der Waals surface area contributed by atoms with Crippen molar-refractivity contribution in [1.29, 1.82) is 0 Å². The predicted molar refractivity (Wildman–Crippen MR) is 80.5 cm³/mol. The summed E-state index contributed by atoms with van der Waals surface area (Å²) < 4.78 is 0. The summed E-state index contributed by atoms with van der Waals surface area (Å²) in [5, 5.41) is 4.60. The van der Waals surface area contributed by atoms with Gasteiger partial charge in [0.25, 0.3) is 0 Å². The molecule has 1 aliphatic carbocycles. The van der Waals surface area contributed by atoms with Crippen LogP contribution >= 0.6 is 11.8 Å². The summed E-state index contributed by atoms with van der Waals surface area (Å²) in [7, 11) is 0. The Hall–Kier alpha value is -0.960. The molecule has 1 aromatic carbocycles. The minimum absolute atomic E-state index is 0.273. The molecule has 3 heteroatoms. The van der Waals surface area contributed by atoms with Crippen molar-refractivity contribution in [1.82, 2.24) is 0 Å². The molecule has 0 radical (unpaired) electrons. The maximum absolute atomic E-state index is 4.94. The van der Waals surface area contributed by atoms with Gasteiger partial charge in [0.2, 0.25) is 0 Å². The molecule has 1 aromatic rings. The van der Waals surface area contributed by atoms with Crippen LogP contribution in [-0.4, -0.2) is 16.5 Å². The lowest BCUT2D eigenvalue weighted by atomic mass is 10.0. The number of nitrogens with one attached hydrogen (secondary N) is 1. The Morgan fingerprint density at radius 3 is 2.94 bits per heavy atom. The third-order valence-electron chi connectivity index (χ3n) is 3.94. The van der Waals surface area contributed by atoms with Crippen LogP contribution in [0.5, 0.6) is 0 Å². The number of aryl methyl sites for hydroxylation is 1. The van der Waals surface area contributed by atoms with Crippen LogP contribution in [0, 0.1) is 0 Å². The van der Waals surface area contributed by atoms with E-state index < -0.39 is 0 Å². The van der Waals surface area contributed by atoms with Gasteiger partial charge < -0.3 is 5.32 Å². The number of hydrogen-bond acceptors (Lipinski definition) is 3. The first-order chi connectivity index (χ1) is 8.80. The van der Waals surface area contributed by atoms with Crippen molar-refractivity contribution in [3.8, 4) is 0 Å². The van der Waals surface area contributed by atoms with E-state index in [4.69, 9.17) is 4.99 Å². The van der Waals surface area contributed by atoms with Crippen molar-refractivity contribution >= 4 is 22.6 Å². The molecule has 0 unspecified atom stereocenters. The highest BCUT2D eigenvalue weighted by Crippen LogP contribution is 2.41. The zero-order valence-corrected chi connectivity index (χ0v) is 11.7. The number of aliphatic imine (C=N–C) groups is 1. The Morgan fingerprint density at radius 1 is 1.33 bits per heavy atom. The second-order valence-corrected chi connectivity index (χ2v) is 6.28. The third-order valence-corrected chi connectivity index (χ3v) is 5.09. The molecule has 1 aliphatic heterocycles. The molecule has 3 rings (SSSR count). The number of nitrogens with zero attached hydrogens (tertiary/aromatic N) is 1. The number of benzene rings is 1. The van der Waals surface area contributed by atoms with Gasteiger partial charge in [0.05, 0.1) is 5.54 Å². The number of hydrogen-bond donors (Lipinski definition) is 1. The number of anilines is 1. The summed E-state index contributed by atoms with van der Waals surface area (Å²) in [5.74, 6) is 1.17. The number of thioether (sulfide) groups is 1. The van der Waals surface area contributed by atoms with Crippen LogP contribution in [0.25, 0.3) is 0 Å². The molecule has 2 aliphatic rings. The first-order valence-electron chi connectivity index (χ1n) is 6.88. The van der Waals surface area contributed by atoms with Crippen LogP contribution in [0.2, 0.25) is 0 Å². The van der Waals surface area contributed by atoms with Crippen molar-refractivity contribution in [2.24, 2.45) is 4.99 Å². The fourth-order valence-electron chi connectivity index (χ4n) is 2.83. The summed E-state index contributed by atoms with van der Waals surface area (Å²) in [6.45, 7) is 2.19. The van der Waals surface area contributed by atoms with E-state index >= 15 is 0 Å². The van der Waals surface area contributed by atoms with Crippen LogP contribution in [-0.2, 0) is 6.42 Å². The van der Waals surface area contributed by atoms with Crippen molar-refractivity contribution in [3.63, 3.8) is 0 Å². The highest BCUT2D eigenvalue weighted by molar-refractivity contribution is 8.14. The first kappa shape index (κ1) is 12.1. The lowest BCUT2D eigenvalue weighted by Crippen LogP contribution is -2.21. The number of amidine groups is 1. The highest BCUT2D eigenvalue weighted by atomic mass is 32.2. The summed E-state index contributed by atoms with van der Waals surface area (Å²) in [6, 6.07) is 8.64. The van der Waals surface area contributed by atoms with E-state index in [-0.39, 0.29) is 5.54 Å². The molecule has 1 saturated carbocycles. The monoisotopic (exact) mass is 260 g/mol. The van der Waals surface area contributed by atoms with Crippen LogP contribution in [0.3, 0.4) is 0 Å². The van der Waals surface area contributed by atoms with Crippen molar-refractivity contribution < 1.29 is 0 Å². The van der Waals surface area contributed by atoms with Crippen molar-refractivity contribution in [2.75, 3.05) is 11.1 Å². The summed E-state index contributed by atoms with van der Waals surface area (Å²) in [6.07, 6.45) is 6.34. The molecule has 0 atom stereocenters. The standard InChI is InChI=1S/C15H20N2S/c1-2-12-6-5-7-13(10-12)16-14-17-15(11-18-14)8-3-4-9-15/h5-7,10H,2-4,8-9,11H2,1H3,(H,16,17). The fourth-order valence-corrected chi connectivity index (χ4v) is 4.04. The zero-order chi connectivity index (χ0) is 12.4. The van der Waals surface area contributed by atoms with Gasteiger partial charge in [-0.25, -0.2) is 0 Å². The molecule has 1 fully saturated rings. The quantitative estimate of drug-likeness (QED) is 0.866. The van der Waals surface area contributed by atoms with Gasteiger partial charge in [0.1, 0.15) is 0 Å². The van der Waals surface area contributed by atoms with Gasteiger partial charge in [-0.3, -0.25) is 4.99 Å². The van der Waals surface area contributed by atoms with E-state index in [1.54, 1.807) is 0 Å². The normalized spacial score (nSPS) is 21.3. The summed E-state index contributed by atoms with van der Waals surface area (Å²) in [5.41, 5.74) is 2.82. The summed E-state index contributed by atoms with van der Waals surface area (Å²) in [4.78, 5) is 4.94. The van der Waals surface area contributed by atoms with E-state index in [9.17, 15) is 0 Å². The van der Waals surface area contributed by atoms with Gasteiger partial charge in [-0.05, 0) is 37.0 Å². The van der Waals surface area contributed by atoms with Crippen molar-refractivity contribution in [3.05, 3.63) is 29.8 Å². The van der Waals surface area contributed by atoms with E-state index in [0.717, 1.165) is 11.6 Å². The Kier molecular flexibility index (Phi) is 3.33. The van der Waals surface area contributed by atoms with Crippen molar-refractivity contribution in [2.45, 2.75) is 44.6 Å². The van der Waals surface area contributed by atoms with E-state index in [1.165, 1.54) is 42.7 Å². The summed E-state index contributed by atoms with van der Waals surface area (Å²) >= 11 is 1.89. The molecule has 0 saturated heterocycles. The molecule has 96 valence electrons. The largest absolute Gasteiger partial charge is 0.335 e. The molecule has 1 N–H and O–H groups in total. The molecule has 0 amide bonds. The second-order valence-electron chi connectivity index (χ2n) is 5.32. The Bertz CT molecular complexity index is 461. The third kappa shape index (κ3) is 2.41. The van der Waals surface area contributed by atoms with Crippen LogP contribution in [0.4, 0.5) is 5.69 Å². The lowest BCUT2D eigenvalue weighted by Gasteiger charge is -2.16. The molecule has 2 nitrogen and oxygen atoms in total. The molecule has 1 spiro atoms. The first-order valence-corrected chi connectivity index (χ1v) is 7.87. The minimum atomic E-state index is 0.273. The predicted octanol–water partition coefficient (Wildman–Crippen LogP) is 4.08.